The lowest BCUT2D eigenvalue weighted by atomic mass is 10.1. The largest absolute Gasteiger partial charge is 0.349 e. The van der Waals surface area contributed by atoms with Gasteiger partial charge in [0, 0.05) is 41.1 Å². The number of benzene rings is 1. The van der Waals surface area contributed by atoms with Crippen LogP contribution in [-0.2, 0) is 4.79 Å². The number of nitrogens with one attached hydrogen (secondary N) is 2. The molecule has 0 aliphatic carbocycles. The van der Waals surface area contributed by atoms with E-state index in [4.69, 9.17) is 11.6 Å². The van der Waals surface area contributed by atoms with E-state index in [0.29, 0.717) is 17.0 Å². The van der Waals surface area contributed by atoms with Gasteiger partial charge in [-0.3, -0.25) is 4.79 Å². The van der Waals surface area contributed by atoms with Gasteiger partial charge in [-0.2, -0.15) is 11.8 Å². The van der Waals surface area contributed by atoms with Gasteiger partial charge in [0.1, 0.15) is 5.82 Å². The van der Waals surface area contributed by atoms with Crippen molar-refractivity contribution < 1.29 is 9.18 Å². The van der Waals surface area contributed by atoms with Crippen molar-refractivity contribution in [2.75, 3.05) is 18.1 Å². The molecule has 3 nitrogen and oxygen atoms in total. The molecule has 1 aliphatic rings. The standard InChI is InChI=1S/C14H18ClFN2OS.ClH/c1-9(14-11(15)3-2-4-12(14)16)18-13(19)7-10-8-20-6-5-17-10;/h2-4,9-10,17H,5-8H2,1H3,(H,18,19);1H. The molecule has 1 saturated heterocycles. The van der Waals surface area contributed by atoms with Crippen LogP contribution in [0.5, 0.6) is 0 Å². The van der Waals surface area contributed by atoms with E-state index >= 15 is 0 Å². The van der Waals surface area contributed by atoms with Crippen molar-refractivity contribution in [2.24, 2.45) is 0 Å². The molecule has 0 bridgehead atoms. The van der Waals surface area contributed by atoms with Gasteiger partial charge < -0.3 is 10.6 Å². The molecule has 0 saturated carbocycles. The highest BCUT2D eigenvalue weighted by Gasteiger charge is 2.20. The lowest BCUT2D eigenvalue weighted by Gasteiger charge is -2.24. The Hall–Kier alpha value is -0.490. The molecule has 21 heavy (non-hydrogen) atoms. The van der Waals surface area contributed by atoms with E-state index in [0.717, 1.165) is 18.1 Å². The first-order valence-corrected chi connectivity index (χ1v) is 8.15. The summed E-state index contributed by atoms with van der Waals surface area (Å²) < 4.78 is 13.8. The van der Waals surface area contributed by atoms with Crippen molar-refractivity contribution in [3.05, 3.63) is 34.6 Å². The average Bonchev–Trinajstić information content (AvgIpc) is 2.39. The third-order valence-electron chi connectivity index (χ3n) is 3.24. The maximum Gasteiger partial charge on any atom is 0.222 e. The average molecular weight is 353 g/mol. The van der Waals surface area contributed by atoms with Crippen LogP contribution in [0.4, 0.5) is 4.39 Å². The van der Waals surface area contributed by atoms with Gasteiger partial charge >= 0.3 is 0 Å². The van der Waals surface area contributed by atoms with Gasteiger partial charge in [0.05, 0.1) is 6.04 Å². The van der Waals surface area contributed by atoms with Crippen molar-refractivity contribution in [2.45, 2.75) is 25.4 Å². The number of carbonyl (C=O) groups excluding carboxylic acids is 1. The van der Waals surface area contributed by atoms with Crippen LogP contribution in [0.2, 0.25) is 5.02 Å². The predicted molar refractivity (Wildman–Crippen MR) is 88.9 cm³/mol. The van der Waals surface area contributed by atoms with Crippen LogP contribution >= 0.6 is 35.8 Å². The summed E-state index contributed by atoms with van der Waals surface area (Å²) in [6.45, 7) is 2.67. The first kappa shape index (κ1) is 18.6. The molecule has 1 aromatic rings. The quantitative estimate of drug-likeness (QED) is 0.874. The highest BCUT2D eigenvalue weighted by atomic mass is 35.5. The number of rotatable bonds is 4. The number of amides is 1. The van der Waals surface area contributed by atoms with Crippen LogP contribution in [-0.4, -0.2) is 30.0 Å². The van der Waals surface area contributed by atoms with E-state index in [-0.39, 0.29) is 24.4 Å². The van der Waals surface area contributed by atoms with E-state index in [1.807, 2.05) is 11.8 Å². The number of thioether (sulfide) groups is 1. The zero-order chi connectivity index (χ0) is 14.5. The van der Waals surface area contributed by atoms with Crippen LogP contribution in [0.1, 0.15) is 24.9 Å². The molecule has 2 atom stereocenters. The number of hydrogen-bond donors (Lipinski definition) is 2. The van der Waals surface area contributed by atoms with Gasteiger partial charge in [0.25, 0.3) is 0 Å². The first-order valence-electron chi connectivity index (χ1n) is 6.62. The van der Waals surface area contributed by atoms with Crippen molar-refractivity contribution in [1.82, 2.24) is 10.6 Å². The summed E-state index contributed by atoms with van der Waals surface area (Å²) in [6, 6.07) is 4.29. The maximum absolute atomic E-state index is 13.8. The van der Waals surface area contributed by atoms with Crippen LogP contribution in [0, 0.1) is 5.82 Å². The van der Waals surface area contributed by atoms with E-state index in [1.54, 1.807) is 19.1 Å². The Morgan fingerprint density at radius 3 is 3.00 bits per heavy atom. The minimum absolute atomic E-state index is 0. The third kappa shape index (κ3) is 5.33. The smallest absolute Gasteiger partial charge is 0.222 e. The molecule has 118 valence electrons. The maximum atomic E-state index is 13.8. The summed E-state index contributed by atoms with van der Waals surface area (Å²) in [5.74, 6) is 1.54. The molecule has 1 heterocycles. The zero-order valence-corrected chi connectivity index (χ0v) is 14.1. The Morgan fingerprint density at radius 2 is 2.38 bits per heavy atom. The third-order valence-corrected chi connectivity index (χ3v) is 4.70. The Kier molecular flexibility index (Phi) is 7.81. The first-order chi connectivity index (χ1) is 9.58. The molecule has 1 fully saturated rings. The SMILES string of the molecule is CC(NC(=O)CC1CSCCN1)c1c(F)cccc1Cl.Cl. The minimum Gasteiger partial charge on any atom is -0.349 e. The van der Waals surface area contributed by atoms with Crippen LogP contribution in [0.15, 0.2) is 18.2 Å². The van der Waals surface area contributed by atoms with Gasteiger partial charge in [-0.1, -0.05) is 17.7 Å². The highest BCUT2D eigenvalue weighted by Crippen LogP contribution is 2.25. The zero-order valence-electron chi connectivity index (χ0n) is 11.7. The molecule has 2 N–H and O–H groups in total. The number of hydrogen-bond acceptors (Lipinski definition) is 3. The number of halogens is 3. The fraction of sp³-hybridized carbons (Fsp3) is 0.500. The predicted octanol–water partition coefficient (Wildman–Crippen LogP) is 3.17. The fourth-order valence-corrected chi connectivity index (χ4v) is 3.55. The van der Waals surface area contributed by atoms with Crippen molar-refractivity contribution in [1.29, 1.82) is 0 Å². The second-order valence-corrected chi connectivity index (χ2v) is 6.41. The van der Waals surface area contributed by atoms with Crippen LogP contribution in [0.3, 0.4) is 0 Å². The Balaban J connectivity index is 0.00000220. The van der Waals surface area contributed by atoms with E-state index < -0.39 is 11.9 Å². The second kappa shape index (κ2) is 8.83. The summed E-state index contributed by atoms with van der Waals surface area (Å²) in [5, 5.41) is 6.45. The van der Waals surface area contributed by atoms with Crippen LogP contribution in [0.25, 0.3) is 0 Å². The number of carbonyl (C=O) groups is 1. The summed E-state index contributed by atoms with van der Waals surface area (Å²) in [7, 11) is 0. The molecule has 2 unspecified atom stereocenters. The Morgan fingerprint density at radius 1 is 1.62 bits per heavy atom. The Labute approximate surface area is 139 Å². The minimum atomic E-state index is -0.438. The lowest BCUT2D eigenvalue weighted by molar-refractivity contribution is -0.122. The summed E-state index contributed by atoms with van der Waals surface area (Å²) in [4.78, 5) is 12.0. The molecule has 0 radical (unpaired) electrons. The summed E-state index contributed by atoms with van der Waals surface area (Å²) in [6.07, 6.45) is 0.406. The summed E-state index contributed by atoms with van der Waals surface area (Å²) >= 11 is 7.83. The molecular weight excluding hydrogens is 334 g/mol. The van der Waals surface area contributed by atoms with Gasteiger partial charge in [-0.15, -0.1) is 12.4 Å². The monoisotopic (exact) mass is 352 g/mol. The molecule has 0 spiro atoms. The van der Waals surface area contributed by atoms with Crippen molar-refractivity contribution in [3.8, 4) is 0 Å². The molecule has 7 heteroatoms. The topological polar surface area (TPSA) is 41.1 Å². The molecule has 2 rings (SSSR count). The van der Waals surface area contributed by atoms with Gasteiger partial charge in [-0.25, -0.2) is 4.39 Å². The highest BCUT2D eigenvalue weighted by molar-refractivity contribution is 7.99. The molecule has 1 aromatic carbocycles. The van der Waals surface area contributed by atoms with Gasteiger partial charge in [-0.05, 0) is 19.1 Å². The van der Waals surface area contributed by atoms with Gasteiger partial charge in [0.2, 0.25) is 5.91 Å². The normalized spacial score (nSPS) is 19.5. The second-order valence-electron chi connectivity index (χ2n) is 4.85. The summed E-state index contributed by atoms with van der Waals surface area (Å²) in [5.41, 5.74) is 0.341. The molecule has 1 aliphatic heterocycles. The molecule has 0 aromatic heterocycles. The lowest BCUT2D eigenvalue weighted by Crippen LogP contribution is -2.41. The van der Waals surface area contributed by atoms with E-state index in [2.05, 4.69) is 10.6 Å². The van der Waals surface area contributed by atoms with Gasteiger partial charge in [0.15, 0.2) is 0 Å². The fourth-order valence-electron chi connectivity index (χ4n) is 2.27. The molecular formula is C14H19Cl2FN2OS. The van der Waals surface area contributed by atoms with Crippen molar-refractivity contribution in [3.63, 3.8) is 0 Å². The molecule has 1 amide bonds. The van der Waals surface area contributed by atoms with Crippen LogP contribution < -0.4 is 10.6 Å². The van der Waals surface area contributed by atoms with Crippen molar-refractivity contribution >= 4 is 41.7 Å². The van der Waals surface area contributed by atoms with E-state index in [9.17, 15) is 9.18 Å². The van der Waals surface area contributed by atoms with E-state index in [1.165, 1.54) is 6.07 Å². The Bertz CT molecular complexity index is 464.